The fourth-order valence-corrected chi connectivity index (χ4v) is 13.5. The Labute approximate surface area is 484 Å². The number of allylic oxidation sites excluding steroid dienone is 4. The average Bonchev–Trinajstić information content (AvgIpc) is 1.87. The standard InChI is InChI=1S/C73H74N4O5/c1-8-76(9-2)57-34-39-62-66(49-57)82-70-56(18-15-21-63(70)73(62)61-20-14-13-19-60(61)71(78)77(73)43-42-75-44-46-81-47-45-75)33-41-67-72(3,4)64-48-51(26-40-65(64)74(67)5)23-22-50-24-27-53(28-25-50)68(52-16-11-10-12-17-52)69(54-29-35-58(79-6)36-30-54)55-31-37-59(80-7)38-32-55/h10-14,16-17,19-20,22-41,48-49H,8-9,15,18,21,42-47H2,1-7H3/b23-22+,56-33+,67-41-. The van der Waals surface area contributed by atoms with E-state index in [4.69, 9.17) is 18.9 Å². The van der Waals surface area contributed by atoms with E-state index in [9.17, 15) is 0 Å². The van der Waals surface area contributed by atoms with Gasteiger partial charge in [0.05, 0.1) is 27.4 Å². The Kier molecular flexibility index (Phi) is 15.1. The number of likely N-dealkylation sites (N-methyl/N-ethyl adjacent to an activating group) is 1. The largest absolute Gasteiger partial charge is 0.497 e. The summed E-state index contributed by atoms with van der Waals surface area (Å²) in [4.78, 5) is 24.4. The Balaban J connectivity index is 0.872. The zero-order valence-electron chi connectivity index (χ0n) is 48.5. The molecule has 9 heteroatoms. The molecular weight excluding hydrogens is 1010 g/mol. The van der Waals surface area contributed by atoms with Gasteiger partial charge in [0.25, 0.3) is 5.91 Å². The first-order valence-corrected chi connectivity index (χ1v) is 29.2. The number of carbonyl (C=O) groups excluding carboxylic acids is 1. The molecule has 0 N–H and O–H groups in total. The SMILES string of the molecule is CCN(CC)c1ccc2c(c1)OC1=C(CCC/C1=C\C=C1/N(C)c3ccc(/C=C/c4ccc(C(=C(c5ccc(OC)cc5)c5ccc(OC)cc5)c5ccccc5)cc4)cc3C1(C)C)C21c2ccccc2C(=O)N1CCN1CCOCC1. The number of morpholine rings is 1. The van der Waals surface area contributed by atoms with Gasteiger partial charge < -0.3 is 33.6 Å². The summed E-state index contributed by atoms with van der Waals surface area (Å²) in [6.45, 7) is 15.4. The summed E-state index contributed by atoms with van der Waals surface area (Å²) in [5.74, 6) is 3.44. The summed E-state index contributed by atoms with van der Waals surface area (Å²) < 4.78 is 24.2. The molecule has 1 aliphatic carbocycles. The second-order valence-electron chi connectivity index (χ2n) is 22.5. The van der Waals surface area contributed by atoms with Crippen LogP contribution in [0.15, 0.2) is 199 Å². The lowest BCUT2D eigenvalue weighted by Gasteiger charge is -2.48. The molecule has 7 aromatic rings. The monoisotopic (exact) mass is 1090 g/mol. The number of benzene rings is 7. The Bertz CT molecular complexity index is 3630. The van der Waals surface area contributed by atoms with Crippen molar-refractivity contribution in [3.05, 3.63) is 254 Å². The number of methoxy groups -OCH3 is 2. The van der Waals surface area contributed by atoms with Crippen molar-refractivity contribution in [2.45, 2.75) is 57.9 Å². The third-order valence-electron chi connectivity index (χ3n) is 17.7. The van der Waals surface area contributed by atoms with Gasteiger partial charge in [0.1, 0.15) is 28.5 Å². The Morgan fingerprint density at radius 1 is 0.634 bits per heavy atom. The third kappa shape index (κ3) is 9.73. The van der Waals surface area contributed by atoms with Crippen LogP contribution in [0.1, 0.15) is 107 Å². The first-order chi connectivity index (χ1) is 40.0. The number of rotatable bonds is 15. The number of hydrogen-bond donors (Lipinski definition) is 0. The molecule has 1 saturated heterocycles. The molecule has 7 aromatic carbocycles. The van der Waals surface area contributed by atoms with Crippen LogP contribution < -0.4 is 24.0 Å². The highest BCUT2D eigenvalue weighted by atomic mass is 16.5. The van der Waals surface area contributed by atoms with Gasteiger partial charge in [0.15, 0.2) is 0 Å². The second kappa shape index (κ2) is 22.9. The highest BCUT2D eigenvalue weighted by Gasteiger charge is 2.57. The molecule has 4 heterocycles. The molecule has 82 heavy (non-hydrogen) atoms. The molecule has 4 aliphatic heterocycles. The van der Waals surface area contributed by atoms with Crippen LogP contribution in [0.3, 0.4) is 0 Å². The van der Waals surface area contributed by atoms with E-state index in [0.29, 0.717) is 19.8 Å². The maximum atomic E-state index is 15.0. The summed E-state index contributed by atoms with van der Waals surface area (Å²) >= 11 is 0. The summed E-state index contributed by atoms with van der Waals surface area (Å²) in [7, 11) is 5.59. The maximum absolute atomic E-state index is 15.0. The smallest absolute Gasteiger partial charge is 0.255 e. The van der Waals surface area contributed by atoms with E-state index in [0.717, 1.165) is 147 Å². The quantitative estimate of drug-likeness (QED) is 0.0941. The lowest BCUT2D eigenvalue weighted by Crippen LogP contribution is -2.52. The minimum Gasteiger partial charge on any atom is -0.497 e. The van der Waals surface area contributed by atoms with Gasteiger partial charge in [-0.1, -0.05) is 141 Å². The molecule has 9 nitrogen and oxygen atoms in total. The zero-order valence-corrected chi connectivity index (χ0v) is 48.5. The fraction of sp³-hybridized carbons (Fsp3) is 0.274. The van der Waals surface area contributed by atoms with Gasteiger partial charge in [-0.25, -0.2) is 0 Å². The van der Waals surface area contributed by atoms with Gasteiger partial charge in [-0.05, 0) is 149 Å². The molecule has 5 aliphatic rings. The van der Waals surface area contributed by atoms with Gasteiger partial charge in [-0.2, -0.15) is 0 Å². The van der Waals surface area contributed by atoms with Crippen molar-refractivity contribution in [2.75, 3.05) is 83.5 Å². The summed E-state index contributed by atoms with van der Waals surface area (Å²) in [6.07, 6.45) is 11.8. The molecule has 0 bridgehead atoms. The van der Waals surface area contributed by atoms with E-state index in [1.54, 1.807) is 14.2 Å². The number of fused-ring (bicyclic) bond motifs is 6. The van der Waals surface area contributed by atoms with Crippen molar-refractivity contribution in [1.29, 1.82) is 0 Å². The molecule has 1 fully saturated rings. The molecule has 0 saturated carbocycles. The number of nitrogens with zero attached hydrogens (tertiary/aromatic N) is 4. The molecule has 416 valence electrons. The molecule has 0 radical (unpaired) electrons. The van der Waals surface area contributed by atoms with Crippen LogP contribution in [0, 0.1) is 0 Å². The predicted molar refractivity (Wildman–Crippen MR) is 334 cm³/mol. The average molecular weight is 1090 g/mol. The van der Waals surface area contributed by atoms with Crippen molar-refractivity contribution in [1.82, 2.24) is 9.80 Å². The number of carbonyl (C=O) groups is 1. The van der Waals surface area contributed by atoms with Crippen molar-refractivity contribution in [2.24, 2.45) is 0 Å². The zero-order chi connectivity index (χ0) is 56.5. The van der Waals surface area contributed by atoms with Gasteiger partial charge in [-0.3, -0.25) is 9.69 Å². The Morgan fingerprint density at radius 2 is 1.24 bits per heavy atom. The van der Waals surface area contributed by atoms with Crippen LogP contribution >= 0.6 is 0 Å². The van der Waals surface area contributed by atoms with Crippen LogP contribution in [-0.2, 0) is 15.7 Å². The molecule has 1 atom stereocenters. The van der Waals surface area contributed by atoms with Crippen molar-refractivity contribution in [3.8, 4) is 17.2 Å². The van der Waals surface area contributed by atoms with Gasteiger partial charge in [0, 0.05) is 91.6 Å². The molecule has 12 rings (SSSR count). The van der Waals surface area contributed by atoms with Crippen LogP contribution in [0.4, 0.5) is 11.4 Å². The van der Waals surface area contributed by atoms with Crippen LogP contribution in [0.25, 0.3) is 23.3 Å². The maximum Gasteiger partial charge on any atom is 0.255 e. The summed E-state index contributed by atoms with van der Waals surface area (Å²) in [5.41, 5.74) is 17.9. The normalized spacial score (nSPS) is 19.1. The van der Waals surface area contributed by atoms with Crippen LogP contribution in [0.2, 0.25) is 0 Å². The van der Waals surface area contributed by atoms with Crippen molar-refractivity contribution >= 4 is 40.6 Å². The van der Waals surface area contributed by atoms with Gasteiger partial charge in [-0.15, -0.1) is 0 Å². The fourth-order valence-electron chi connectivity index (χ4n) is 13.5. The summed E-state index contributed by atoms with van der Waals surface area (Å²) in [6, 6.07) is 58.1. The minimum atomic E-state index is -0.801. The van der Waals surface area contributed by atoms with E-state index < -0.39 is 5.54 Å². The van der Waals surface area contributed by atoms with E-state index >= 15 is 4.79 Å². The molecular formula is C73H74N4O5. The highest BCUT2D eigenvalue weighted by Crippen LogP contribution is 2.59. The number of ether oxygens (including phenoxy) is 4. The first kappa shape index (κ1) is 54.2. The highest BCUT2D eigenvalue weighted by molar-refractivity contribution is 6.05. The van der Waals surface area contributed by atoms with Crippen molar-refractivity contribution < 1.29 is 23.7 Å². The van der Waals surface area contributed by atoms with E-state index in [2.05, 4.69) is 206 Å². The lowest BCUT2D eigenvalue weighted by atomic mass is 9.70. The topological polar surface area (TPSA) is 67.0 Å². The molecule has 1 unspecified atom stereocenters. The van der Waals surface area contributed by atoms with Crippen LogP contribution in [0.5, 0.6) is 17.2 Å². The second-order valence-corrected chi connectivity index (χ2v) is 22.5. The number of amides is 1. The predicted octanol–water partition coefficient (Wildman–Crippen LogP) is 14.8. The molecule has 1 amide bonds. The molecule has 0 aromatic heterocycles. The molecule has 1 spiro atoms. The van der Waals surface area contributed by atoms with Crippen molar-refractivity contribution in [3.63, 3.8) is 0 Å². The van der Waals surface area contributed by atoms with Gasteiger partial charge in [0.2, 0.25) is 0 Å². The van der Waals surface area contributed by atoms with E-state index in [1.807, 2.05) is 36.4 Å². The van der Waals surface area contributed by atoms with Gasteiger partial charge >= 0.3 is 0 Å². The summed E-state index contributed by atoms with van der Waals surface area (Å²) in [5, 5.41) is 0. The minimum absolute atomic E-state index is 0.0835. The number of hydrogen-bond acceptors (Lipinski definition) is 8. The van der Waals surface area contributed by atoms with Crippen LogP contribution in [-0.4, -0.2) is 89.5 Å². The lowest BCUT2D eigenvalue weighted by molar-refractivity contribution is 0.0276. The number of anilines is 2. The first-order valence-electron chi connectivity index (χ1n) is 29.2. The Hall–Kier alpha value is -8.37. The van der Waals surface area contributed by atoms with E-state index in [-0.39, 0.29) is 11.3 Å². The van der Waals surface area contributed by atoms with E-state index in [1.165, 1.54) is 22.5 Å². The third-order valence-corrected chi connectivity index (χ3v) is 17.7. The Morgan fingerprint density at radius 3 is 1.90 bits per heavy atom.